The van der Waals surface area contributed by atoms with Crippen molar-refractivity contribution >= 4 is 0 Å². The summed E-state index contributed by atoms with van der Waals surface area (Å²) in [7, 11) is 0. The van der Waals surface area contributed by atoms with Crippen molar-refractivity contribution in [3.05, 3.63) is 70.3 Å². The maximum absolute atomic E-state index is 12.0. The van der Waals surface area contributed by atoms with Crippen LogP contribution in [-0.4, -0.2) is 22.1 Å². The minimum Gasteiger partial charge on any atom is -0.385 e. The van der Waals surface area contributed by atoms with Gasteiger partial charge in [-0.15, -0.1) is 0 Å². The average Bonchev–Trinajstić information content (AvgIpc) is 2.68. The third-order valence-electron chi connectivity index (χ3n) is 7.04. The van der Waals surface area contributed by atoms with E-state index in [-0.39, 0.29) is 0 Å². The summed E-state index contributed by atoms with van der Waals surface area (Å²) in [5.74, 6) is 0. The van der Waals surface area contributed by atoms with Gasteiger partial charge < -0.3 is 5.11 Å². The molecule has 2 aliphatic rings. The lowest BCUT2D eigenvalue weighted by Gasteiger charge is -2.53. The normalized spacial score (nSPS) is 27.7. The van der Waals surface area contributed by atoms with E-state index in [0.717, 1.165) is 32.2 Å². The lowest BCUT2D eigenvalue weighted by Crippen LogP contribution is -2.56. The fourth-order valence-corrected chi connectivity index (χ4v) is 5.87. The van der Waals surface area contributed by atoms with E-state index in [1.165, 1.54) is 47.1 Å². The number of fused-ring (bicyclic) bond motifs is 2. The summed E-state index contributed by atoms with van der Waals surface area (Å²) in [6, 6.07) is 16.4. The highest BCUT2D eigenvalue weighted by molar-refractivity contribution is 5.44. The third kappa shape index (κ3) is 3.65. The number of aliphatic hydroxyl groups is 1. The summed E-state index contributed by atoms with van der Waals surface area (Å²) in [4.78, 5) is 2.69. The lowest BCUT2D eigenvalue weighted by atomic mass is 9.69. The molecule has 0 spiro atoms. The fraction of sp³-hybridized carbons (Fsp3) is 0.538. The van der Waals surface area contributed by atoms with Crippen LogP contribution in [0.1, 0.15) is 73.8 Å². The standard InChI is InChI=1S/C26H35NO/c1-4-21-14-19(3)15-22(5-2)25(21)26(28)16-23-12-9-13-24(17-26)27(23)18-20-10-7-6-8-11-20/h6-8,10-11,14-15,23-24,28H,4-5,9,12-13,16-18H2,1-3H3. The molecule has 2 atom stereocenters. The van der Waals surface area contributed by atoms with E-state index in [4.69, 9.17) is 0 Å². The van der Waals surface area contributed by atoms with Crippen LogP contribution in [0.3, 0.4) is 0 Å². The summed E-state index contributed by atoms with van der Waals surface area (Å²) < 4.78 is 0. The molecule has 150 valence electrons. The maximum atomic E-state index is 12.0. The van der Waals surface area contributed by atoms with E-state index >= 15 is 0 Å². The topological polar surface area (TPSA) is 23.5 Å². The molecule has 2 aliphatic heterocycles. The monoisotopic (exact) mass is 377 g/mol. The van der Waals surface area contributed by atoms with Crippen molar-refractivity contribution in [2.24, 2.45) is 0 Å². The number of rotatable bonds is 5. The molecule has 2 heteroatoms. The quantitative estimate of drug-likeness (QED) is 0.741. The largest absolute Gasteiger partial charge is 0.385 e. The van der Waals surface area contributed by atoms with Crippen LogP contribution in [0.15, 0.2) is 42.5 Å². The van der Waals surface area contributed by atoms with Gasteiger partial charge >= 0.3 is 0 Å². The molecule has 2 unspecified atom stereocenters. The first-order valence-corrected chi connectivity index (χ1v) is 11.2. The van der Waals surface area contributed by atoms with Crippen LogP contribution in [0.2, 0.25) is 0 Å². The molecular weight excluding hydrogens is 342 g/mol. The molecule has 2 saturated heterocycles. The van der Waals surface area contributed by atoms with Crippen molar-refractivity contribution in [1.82, 2.24) is 4.90 Å². The highest BCUT2D eigenvalue weighted by Gasteiger charge is 2.47. The molecule has 4 rings (SSSR count). The van der Waals surface area contributed by atoms with Crippen molar-refractivity contribution in [1.29, 1.82) is 0 Å². The zero-order chi connectivity index (χ0) is 19.7. The molecule has 0 saturated carbocycles. The Bertz CT molecular complexity index is 773. The number of aryl methyl sites for hydroxylation is 3. The van der Waals surface area contributed by atoms with Crippen molar-refractivity contribution in [3.8, 4) is 0 Å². The zero-order valence-corrected chi connectivity index (χ0v) is 17.7. The predicted octanol–water partition coefficient (Wildman–Crippen LogP) is 5.52. The Morgan fingerprint density at radius 3 is 2.07 bits per heavy atom. The van der Waals surface area contributed by atoms with Crippen molar-refractivity contribution < 1.29 is 5.11 Å². The molecule has 0 amide bonds. The molecular formula is C26H35NO. The first kappa shape index (κ1) is 19.7. The van der Waals surface area contributed by atoms with E-state index in [9.17, 15) is 5.11 Å². The molecule has 2 aromatic rings. The highest BCUT2D eigenvalue weighted by atomic mass is 16.3. The van der Waals surface area contributed by atoms with Gasteiger partial charge in [0, 0.05) is 18.6 Å². The summed E-state index contributed by atoms with van der Waals surface area (Å²) in [5, 5.41) is 12.0. The van der Waals surface area contributed by atoms with E-state index in [2.05, 4.69) is 68.1 Å². The first-order valence-electron chi connectivity index (χ1n) is 11.2. The van der Waals surface area contributed by atoms with Gasteiger partial charge in [-0.1, -0.05) is 68.3 Å². The van der Waals surface area contributed by atoms with Gasteiger partial charge in [-0.05, 0) is 67.7 Å². The van der Waals surface area contributed by atoms with Gasteiger partial charge in [0.25, 0.3) is 0 Å². The van der Waals surface area contributed by atoms with E-state index in [1.54, 1.807) is 0 Å². The van der Waals surface area contributed by atoms with Gasteiger partial charge in [-0.2, -0.15) is 0 Å². The van der Waals surface area contributed by atoms with Crippen molar-refractivity contribution in [3.63, 3.8) is 0 Å². The van der Waals surface area contributed by atoms with Crippen molar-refractivity contribution in [2.75, 3.05) is 0 Å². The Hall–Kier alpha value is -1.64. The molecule has 28 heavy (non-hydrogen) atoms. The summed E-state index contributed by atoms with van der Waals surface area (Å²) >= 11 is 0. The number of nitrogens with zero attached hydrogens (tertiary/aromatic N) is 1. The van der Waals surface area contributed by atoms with Crippen LogP contribution in [0.4, 0.5) is 0 Å². The van der Waals surface area contributed by atoms with Gasteiger partial charge in [0.2, 0.25) is 0 Å². The summed E-state index contributed by atoms with van der Waals surface area (Å²) in [6.45, 7) is 7.66. The van der Waals surface area contributed by atoms with Crippen LogP contribution >= 0.6 is 0 Å². The molecule has 2 nitrogen and oxygen atoms in total. The maximum Gasteiger partial charge on any atom is 0.0931 e. The predicted molar refractivity (Wildman–Crippen MR) is 116 cm³/mol. The molecule has 2 bridgehead atoms. The molecule has 2 fully saturated rings. The van der Waals surface area contributed by atoms with Crippen LogP contribution in [0, 0.1) is 6.92 Å². The second kappa shape index (κ2) is 8.00. The van der Waals surface area contributed by atoms with Gasteiger partial charge in [0.05, 0.1) is 5.60 Å². The SMILES string of the molecule is CCc1cc(C)cc(CC)c1C1(O)CC2CCCC(C1)N2Cc1ccccc1. The van der Waals surface area contributed by atoms with E-state index < -0.39 is 5.60 Å². The highest BCUT2D eigenvalue weighted by Crippen LogP contribution is 2.47. The van der Waals surface area contributed by atoms with Crippen LogP contribution in [0.5, 0.6) is 0 Å². The second-order valence-corrected chi connectivity index (χ2v) is 9.00. The Kier molecular flexibility index (Phi) is 5.62. The lowest BCUT2D eigenvalue weighted by molar-refractivity contribution is -0.101. The third-order valence-corrected chi connectivity index (χ3v) is 7.04. The van der Waals surface area contributed by atoms with E-state index in [1.807, 2.05) is 0 Å². The number of hydrogen-bond acceptors (Lipinski definition) is 2. The summed E-state index contributed by atoms with van der Waals surface area (Å²) in [6.07, 6.45) is 7.45. The number of piperidine rings is 2. The molecule has 0 radical (unpaired) electrons. The van der Waals surface area contributed by atoms with Crippen LogP contribution in [-0.2, 0) is 25.0 Å². The van der Waals surface area contributed by atoms with Gasteiger partial charge in [0.15, 0.2) is 0 Å². The fourth-order valence-electron chi connectivity index (χ4n) is 5.87. The van der Waals surface area contributed by atoms with Crippen LogP contribution in [0.25, 0.3) is 0 Å². The van der Waals surface area contributed by atoms with Gasteiger partial charge in [-0.3, -0.25) is 4.90 Å². The molecule has 0 aromatic heterocycles. The minimum atomic E-state index is -0.673. The Morgan fingerprint density at radius 2 is 1.54 bits per heavy atom. The van der Waals surface area contributed by atoms with Crippen LogP contribution < -0.4 is 0 Å². The molecule has 0 aliphatic carbocycles. The second-order valence-electron chi connectivity index (χ2n) is 9.00. The summed E-state index contributed by atoms with van der Waals surface area (Å²) in [5.41, 5.74) is 6.02. The van der Waals surface area contributed by atoms with Crippen molar-refractivity contribution in [2.45, 2.75) is 89.9 Å². The number of benzene rings is 2. The van der Waals surface area contributed by atoms with Gasteiger partial charge in [0.1, 0.15) is 0 Å². The smallest absolute Gasteiger partial charge is 0.0931 e. The van der Waals surface area contributed by atoms with E-state index in [0.29, 0.717) is 12.1 Å². The Morgan fingerprint density at radius 1 is 0.964 bits per heavy atom. The number of hydrogen-bond donors (Lipinski definition) is 1. The molecule has 1 N–H and O–H groups in total. The minimum absolute atomic E-state index is 0.480. The average molecular weight is 378 g/mol. The van der Waals surface area contributed by atoms with Gasteiger partial charge in [-0.25, -0.2) is 0 Å². The molecule has 2 aromatic carbocycles. The zero-order valence-electron chi connectivity index (χ0n) is 17.7. The Balaban J connectivity index is 1.67. The first-order chi connectivity index (χ1) is 13.5. The Labute approximate surface area is 170 Å². The molecule has 2 heterocycles.